The van der Waals surface area contributed by atoms with Gasteiger partial charge in [-0.25, -0.2) is 10.5 Å². The summed E-state index contributed by atoms with van der Waals surface area (Å²) in [6, 6.07) is 0. The van der Waals surface area contributed by atoms with Gasteiger partial charge in [-0.1, -0.05) is 0 Å². The van der Waals surface area contributed by atoms with Crippen LogP contribution in [0, 0.1) is 0 Å². The largest absolute Gasteiger partial charge is 0.451 e. The molecule has 0 atom stereocenters. The van der Waals surface area contributed by atoms with Crippen molar-refractivity contribution in [1.82, 2.24) is 10.5 Å². The number of hydrogen-bond donors (Lipinski definition) is 2. The van der Waals surface area contributed by atoms with Crippen molar-refractivity contribution in [2.75, 3.05) is 0 Å². The summed E-state index contributed by atoms with van der Waals surface area (Å²) in [7, 11) is 0. The molecule has 0 spiro atoms. The second-order valence-electron chi connectivity index (χ2n) is 2.01. The van der Waals surface area contributed by atoms with Gasteiger partial charge in [0.2, 0.25) is 5.91 Å². The van der Waals surface area contributed by atoms with Gasteiger partial charge in [-0.05, 0) is 0 Å². The number of aryl methyl sites for hydroxylation is 1. The summed E-state index contributed by atoms with van der Waals surface area (Å²) in [5, 5.41) is 8.12. The first-order valence-electron chi connectivity index (χ1n) is 3.13. The van der Waals surface area contributed by atoms with E-state index in [9.17, 15) is 4.79 Å². The molecule has 1 rings (SSSR count). The van der Waals surface area contributed by atoms with Crippen LogP contribution in [0.15, 0.2) is 17.1 Å². The molecule has 0 saturated heterocycles. The Balaban J connectivity index is 2.29. The van der Waals surface area contributed by atoms with Gasteiger partial charge in [-0.15, -0.1) is 0 Å². The Hall–Kier alpha value is -1.36. The zero-order chi connectivity index (χ0) is 8.10. The second-order valence-corrected chi connectivity index (χ2v) is 2.01. The monoisotopic (exact) mass is 156 g/mol. The third kappa shape index (κ3) is 2.38. The first-order chi connectivity index (χ1) is 5.33. The van der Waals surface area contributed by atoms with E-state index >= 15 is 0 Å². The van der Waals surface area contributed by atoms with Crippen molar-refractivity contribution in [3.05, 3.63) is 18.4 Å². The Morgan fingerprint density at radius 3 is 3.18 bits per heavy atom. The molecule has 0 aliphatic carbocycles. The fourth-order valence-corrected chi connectivity index (χ4v) is 0.659. The molecule has 0 radical (unpaired) electrons. The fraction of sp³-hybridized carbons (Fsp3) is 0.333. The molecular weight excluding hydrogens is 148 g/mol. The van der Waals surface area contributed by atoms with Gasteiger partial charge in [0.1, 0.15) is 6.26 Å². The van der Waals surface area contributed by atoms with Crippen LogP contribution in [0.4, 0.5) is 0 Å². The molecular formula is C6H8N2O3. The average Bonchev–Trinajstić information content (AvgIpc) is 2.52. The van der Waals surface area contributed by atoms with E-state index in [0.717, 1.165) is 0 Å². The Morgan fingerprint density at radius 2 is 2.64 bits per heavy atom. The molecule has 0 aromatic carbocycles. The van der Waals surface area contributed by atoms with Crippen LogP contribution in [0.5, 0.6) is 0 Å². The lowest BCUT2D eigenvalue weighted by Crippen LogP contribution is -2.18. The van der Waals surface area contributed by atoms with Gasteiger partial charge in [0.15, 0.2) is 6.39 Å². The lowest BCUT2D eigenvalue weighted by Gasteiger charge is -1.93. The minimum Gasteiger partial charge on any atom is -0.451 e. The van der Waals surface area contributed by atoms with E-state index < -0.39 is 5.91 Å². The van der Waals surface area contributed by atoms with Crippen molar-refractivity contribution in [2.24, 2.45) is 0 Å². The van der Waals surface area contributed by atoms with Crippen molar-refractivity contribution in [1.29, 1.82) is 0 Å². The van der Waals surface area contributed by atoms with Crippen molar-refractivity contribution >= 4 is 5.91 Å². The topological polar surface area (TPSA) is 75.4 Å². The highest BCUT2D eigenvalue weighted by Crippen LogP contribution is 1.98. The molecule has 5 heteroatoms. The van der Waals surface area contributed by atoms with Crippen LogP contribution < -0.4 is 5.48 Å². The first-order valence-corrected chi connectivity index (χ1v) is 3.13. The van der Waals surface area contributed by atoms with Crippen molar-refractivity contribution in [3.8, 4) is 0 Å². The molecule has 2 N–H and O–H groups in total. The smallest absolute Gasteiger partial charge is 0.243 e. The molecule has 1 heterocycles. The lowest BCUT2D eigenvalue weighted by molar-refractivity contribution is -0.129. The van der Waals surface area contributed by atoms with E-state index in [1.54, 1.807) is 0 Å². The van der Waals surface area contributed by atoms with Crippen LogP contribution in [0.25, 0.3) is 0 Å². The van der Waals surface area contributed by atoms with E-state index in [0.29, 0.717) is 12.1 Å². The quantitative estimate of drug-likeness (QED) is 0.481. The zero-order valence-corrected chi connectivity index (χ0v) is 5.78. The van der Waals surface area contributed by atoms with E-state index in [-0.39, 0.29) is 6.42 Å². The summed E-state index contributed by atoms with van der Waals surface area (Å²) in [6.07, 6.45) is 3.45. The Labute approximate surface area is 63.0 Å². The standard InChI is InChI=1S/C6H8N2O3/c9-6(8-10)2-1-5-3-11-4-7-5/h3-4,10H,1-2H2,(H,8,9). The van der Waals surface area contributed by atoms with Crippen molar-refractivity contribution < 1.29 is 14.4 Å². The molecule has 0 bridgehead atoms. The zero-order valence-electron chi connectivity index (χ0n) is 5.78. The molecule has 0 aliphatic heterocycles. The average molecular weight is 156 g/mol. The number of nitrogens with one attached hydrogen (secondary N) is 1. The van der Waals surface area contributed by atoms with E-state index in [4.69, 9.17) is 5.21 Å². The number of amides is 1. The van der Waals surface area contributed by atoms with Crippen LogP contribution in [-0.4, -0.2) is 16.1 Å². The number of nitrogens with zero attached hydrogens (tertiary/aromatic N) is 1. The summed E-state index contributed by atoms with van der Waals surface area (Å²) in [6.45, 7) is 0. The van der Waals surface area contributed by atoms with Gasteiger partial charge < -0.3 is 4.42 Å². The third-order valence-corrected chi connectivity index (χ3v) is 1.22. The Kier molecular flexibility index (Phi) is 2.62. The van der Waals surface area contributed by atoms with Gasteiger partial charge in [0, 0.05) is 12.8 Å². The van der Waals surface area contributed by atoms with Crippen LogP contribution >= 0.6 is 0 Å². The maximum absolute atomic E-state index is 10.5. The Morgan fingerprint density at radius 1 is 1.82 bits per heavy atom. The molecule has 5 nitrogen and oxygen atoms in total. The van der Waals surface area contributed by atoms with Gasteiger partial charge in [0.05, 0.1) is 5.69 Å². The fourth-order valence-electron chi connectivity index (χ4n) is 0.659. The molecule has 11 heavy (non-hydrogen) atoms. The summed E-state index contributed by atoms with van der Waals surface area (Å²) >= 11 is 0. The molecule has 0 saturated carbocycles. The minimum absolute atomic E-state index is 0.211. The number of carbonyl (C=O) groups is 1. The first kappa shape index (κ1) is 7.74. The maximum atomic E-state index is 10.5. The lowest BCUT2D eigenvalue weighted by atomic mass is 10.2. The SMILES string of the molecule is O=C(CCc1cocn1)NO. The van der Waals surface area contributed by atoms with Crippen LogP contribution in [-0.2, 0) is 11.2 Å². The Bertz CT molecular complexity index is 220. The van der Waals surface area contributed by atoms with Gasteiger partial charge in [-0.2, -0.15) is 0 Å². The normalized spacial score (nSPS) is 9.55. The van der Waals surface area contributed by atoms with Gasteiger partial charge in [0.25, 0.3) is 0 Å². The molecule has 1 aromatic heterocycles. The number of carbonyl (C=O) groups excluding carboxylic acids is 1. The molecule has 0 unspecified atom stereocenters. The molecule has 60 valence electrons. The number of aromatic nitrogens is 1. The van der Waals surface area contributed by atoms with Gasteiger partial charge in [-0.3, -0.25) is 10.0 Å². The van der Waals surface area contributed by atoms with Crippen molar-refractivity contribution in [2.45, 2.75) is 12.8 Å². The number of hydroxylamine groups is 1. The molecule has 0 aliphatic rings. The van der Waals surface area contributed by atoms with Crippen LogP contribution in [0.2, 0.25) is 0 Å². The second kappa shape index (κ2) is 3.72. The van der Waals surface area contributed by atoms with E-state index in [1.807, 2.05) is 0 Å². The van der Waals surface area contributed by atoms with Gasteiger partial charge >= 0.3 is 0 Å². The highest BCUT2D eigenvalue weighted by atomic mass is 16.5. The summed E-state index contributed by atoms with van der Waals surface area (Å²) in [4.78, 5) is 14.3. The molecule has 0 fully saturated rings. The maximum Gasteiger partial charge on any atom is 0.243 e. The summed E-state index contributed by atoms with van der Waals surface area (Å²) < 4.78 is 4.68. The minimum atomic E-state index is -0.423. The molecule has 1 amide bonds. The third-order valence-electron chi connectivity index (χ3n) is 1.22. The predicted molar refractivity (Wildman–Crippen MR) is 34.8 cm³/mol. The highest BCUT2D eigenvalue weighted by Gasteiger charge is 2.01. The molecule has 1 aromatic rings. The number of hydrogen-bond acceptors (Lipinski definition) is 4. The number of oxazole rings is 1. The predicted octanol–water partition coefficient (Wildman–Crippen LogP) is 0.113. The van der Waals surface area contributed by atoms with E-state index in [1.165, 1.54) is 18.1 Å². The summed E-state index contributed by atoms with van der Waals surface area (Å²) in [5.74, 6) is -0.423. The van der Waals surface area contributed by atoms with Crippen LogP contribution in [0.3, 0.4) is 0 Å². The van der Waals surface area contributed by atoms with Crippen LogP contribution in [0.1, 0.15) is 12.1 Å². The van der Waals surface area contributed by atoms with Crippen molar-refractivity contribution in [3.63, 3.8) is 0 Å². The van der Waals surface area contributed by atoms with E-state index in [2.05, 4.69) is 9.40 Å². The highest BCUT2D eigenvalue weighted by molar-refractivity contribution is 5.74. The summed E-state index contributed by atoms with van der Waals surface area (Å²) in [5.41, 5.74) is 2.23. The number of rotatable bonds is 3.